The summed E-state index contributed by atoms with van der Waals surface area (Å²) in [6.07, 6.45) is 7.39. The number of nitrogens with one attached hydrogen (secondary N) is 3. The van der Waals surface area contributed by atoms with Gasteiger partial charge in [0.1, 0.15) is 17.2 Å². The molecule has 1 saturated heterocycles. The van der Waals surface area contributed by atoms with Gasteiger partial charge in [0.25, 0.3) is 0 Å². The van der Waals surface area contributed by atoms with Crippen molar-refractivity contribution in [1.29, 1.82) is 0 Å². The molecule has 5 rings (SSSR count). The Balaban J connectivity index is 1.38. The number of H-pyrrole nitrogens is 1. The maximum Gasteiger partial charge on any atom is 0.137 e. The minimum absolute atomic E-state index is 0.388. The summed E-state index contributed by atoms with van der Waals surface area (Å²) >= 11 is 0. The van der Waals surface area contributed by atoms with E-state index in [1.54, 1.807) is 12.4 Å². The molecule has 27 heavy (non-hydrogen) atoms. The summed E-state index contributed by atoms with van der Waals surface area (Å²) < 4.78 is 7.92. The van der Waals surface area contributed by atoms with Crippen molar-refractivity contribution in [3.63, 3.8) is 0 Å². The van der Waals surface area contributed by atoms with Gasteiger partial charge in [-0.25, -0.2) is 0 Å². The van der Waals surface area contributed by atoms with Crippen molar-refractivity contribution >= 4 is 5.69 Å². The quantitative estimate of drug-likeness (QED) is 0.489. The normalized spacial score (nSPS) is 14.2. The van der Waals surface area contributed by atoms with Gasteiger partial charge in [-0.3, -0.25) is 14.8 Å². The molecule has 4 aromatic rings. The predicted octanol–water partition coefficient (Wildman–Crippen LogP) is 2.68. The molecule has 1 aliphatic rings. The Labute approximate surface area is 155 Å². The van der Waals surface area contributed by atoms with Gasteiger partial charge < -0.3 is 15.1 Å². The second-order valence-corrected chi connectivity index (χ2v) is 6.50. The molecule has 5 heterocycles. The lowest BCUT2D eigenvalue weighted by Gasteiger charge is -2.27. The van der Waals surface area contributed by atoms with E-state index in [1.165, 1.54) is 0 Å². The predicted molar refractivity (Wildman–Crippen MR) is 101 cm³/mol. The average Bonchev–Trinajstić information content (AvgIpc) is 3.39. The fraction of sp³-hybridized carbons (Fsp3) is 0.211. The Morgan fingerprint density at radius 3 is 2.93 bits per heavy atom. The Bertz CT molecular complexity index is 1020. The summed E-state index contributed by atoms with van der Waals surface area (Å²) in [6.45, 7) is 2.44. The molecule has 1 fully saturated rings. The summed E-state index contributed by atoms with van der Waals surface area (Å²) in [5.41, 5.74) is 3.58. The van der Waals surface area contributed by atoms with Crippen molar-refractivity contribution in [2.24, 2.45) is 0 Å². The van der Waals surface area contributed by atoms with Crippen molar-refractivity contribution in [2.75, 3.05) is 18.4 Å². The number of pyridine rings is 1. The van der Waals surface area contributed by atoms with Crippen molar-refractivity contribution in [2.45, 2.75) is 12.6 Å². The molecular formula is C19H19N7O. The molecule has 0 aliphatic carbocycles. The zero-order chi connectivity index (χ0) is 18.1. The molecule has 0 bridgehead atoms. The summed E-state index contributed by atoms with van der Waals surface area (Å²) in [5.74, 6) is 1.64. The fourth-order valence-electron chi connectivity index (χ4n) is 3.06. The van der Waals surface area contributed by atoms with Crippen LogP contribution >= 0.6 is 0 Å². The van der Waals surface area contributed by atoms with E-state index in [0.717, 1.165) is 47.2 Å². The fourth-order valence-corrected chi connectivity index (χ4v) is 3.06. The van der Waals surface area contributed by atoms with Gasteiger partial charge in [0.2, 0.25) is 0 Å². The van der Waals surface area contributed by atoms with Crippen LogP contribution in [0.4, 0.5) is 5.69 Å². The van der Waals surface area contributed by atoms with Crippen LogP contribution < -0.4 is 10.6 Å². The van der Waals surface area contributed by atoms with Crippen molar-refractivity contribution in [3.05, 3.63) is 60.9 Å². The number of hydrogen-bond acceptors (Lipinski definition) is 6. The third-order valence-electron chi connectivity index (χ3n) is 4.67. The SMILES string of the molecule is c1ccc(-c2nn(C3CNC3)cc2NCc2ccc(-c3cn[nH]c3)o2)nc1. The number of aromatic nitrogens is 5. The number of nitrogens with zero attached hydrogens (tertiary/aromatic N) is 4. The molecule has 8 nitrogen and oxygen atoms in total. The largest absolute Gasteiger partial charge is 0.459 e. The number of hydrogen-bond donors (Lipinski definition) is 3. The Kier molecular flexibility index (Phi) is 3.95. The van der Waals surface area contributed by atoms with E-state index in [4.69, 9.17) is 9.52 Å². The van der Waals surface area contributed by atoms with E-state index in [2.05, 4.69) is 32.0 Å². The van der Waals surface area contributed by atoms with Crippen LogP contribution in [0.25, 0.3) is 22.7 Å². The molecule has 0 unspecified atom stereocenters. The lowest BCUT2D eigenvalue weighted by Crippen LogP contribution is -2.43. The van der Waals surface area contributed by atoms with Crippen LogP contribution in [0.3, 0.4) is 0 Å². The van der Waals surface area contributed by atoms with Gasteiger partial charge in [0.05, 0.1) is 35.7 Å². The van der Waals surface area contributed by atoms with Crippen molar-refractivity contribution < 1.29 is 4.42 Å². The molecule has 0 spiro atoms. The molecule has 3 N–H and O–H groups in total. The highest BCUT2D eigenvalue weighted by Gasteiger charge is 2.22. The number of furan rings is 1. The number of aromatic amines is 1. The first-order valence-electron chi connectivity index (χ1n) is 8.90. The molecule has 0 amide bonds. The molecule has 4 aromatic heterocycles. The highest BCUT2D eigenvalue weighted by molar-refractivity contribution is 5.71. The maximum absolute atomic E-state index is 5.91. The highest BCUT2D eigenvalue weighted by atomic mass is 16.3. The molecule has 8 heteroatoms. The third kappa shape index (κ3) is 3.11. The smallest absolute Gasteiger partial charge is 0.137 e. The van der Waals surface area contributed by atoms with Gasteiger partial charge >= 0.3 is 0 Å². The Morgan fingerprint density at radius 1 is 1.22 bits per heavy atom. The van der Waals surface area contributed by atoms with Crippen LogP contribution in [-0.2, 0) is 6.54 Å². The molecule has 136 valence electrons. The van der Waals surface area contributed by atoms with Gasteiger partial charge in [-0.2, -0.15) is 10.2 Å². The monoisotopic (exact) mass is 361 g/mol. The Morgan fingerprint density at radius 2 is 2.19 bits per heavy atom. The second-order valence-electron chi connectivity index (χ2n) is 6.50. The van der Waals surface area contributed by atoms with Crippen LogP contribution in [0, 0.1) is 0 Å². The number of anilines is 1. The highest BCUT2D eigenvalue weighted by Crippen LogP contribution is 2.28. The second kappa shape index (κ2) is 6.73. The van der Waals surface area contributed by atoms with E-state index < -0.39 is 0 Å². The topological polar surface area (TPSA) is 96.6 Å². The van der Waals surface area contributed by atoms with Crippen LogP contribution in [0.2, 0.25) is 0 Å². The molecular weight excluding hydrogens is 342 g/mol. The summed E-state index contributed by atoms with van der Waals surface area (Å²) in [7, 11) is 0. The molecule has 1 aliphatic heterocycles. The Hall–Kier alpha value is -3.39. The van der Waals surface area contributed by atoms with Gasteiger partial charge in [0.15, 0.2) is 0 Å². The van der Waals surface area contributed by atoms with Gasteiger partial charge in [0, 0.05) is 31.7 Å². The molecule has 0 aromatic carbocycles. The summed E-state index contributed by atoms with van der Waals surface area (Å²) in [4.78, 5) is 4.45. The lowest BCUT2D eigenvalue weighted by molar-refractivity contribution is 0.319. The average molecular weight is 361 g/mol. The third-order valence-corrected chi connectivity index (χ3v) is 4.67. The van der Waals surface area contributed by atoms with Crippen molar-refractivity contribution in [3.8, 4) is 22.7 Å². The zero-order valence-corrected chi connectivity index (χ0v) is 14.6. The van der Waals surface area contributed by atoms with Gasteiger partial charge in [-0.05, 0) is 24.3 Å². The molecule has 0 radical (unpaired) electrons. The first-order valence-corrected chi connectivity index (χ1v) is 8.90. The van der Waals surface area contributed by atoms with E-state index in [9.17, 15) is 0 Å². The summed E-state index contributed by atoms with van der Waals surface area (Å²) in [6, 6.07) is 10.2. The molecule has 0 atom stereocenters. The van der Waals surface area contributed by atoms with E-state index in [0.29, 0.717) is 12.6 Å². The minimum Gasteiger partial charge on any atom is -0.459 e. The summed E-state index contributed by atoms with van der Waals surface area (Å²) in [5, 5.41) is 18.3. The standard InChI is InChI=1S/C19H19N7O/c1-2-6-21-16(3-1)19-17(12-26(25-19)14-9-20-10-14)22-11-15-4-5-18(27-15)13-7-23-24-8-13/h1-8,12,14,20,22H,9-11H2,(H,23,24). The van der Waals surface area contributed by atoms with Crippen LogP contribution in [-0.4, -0.2) is 38.1 Å². The number of rotatable bonds is 6. The first-order chi connectivity index (χ1) is 13.4. The maximum atomic E-state index is 5.91. The lowest BCUT2D eigenvalue weighted by atomic mass is 10.2. The first kappa shape index (κ1) is 15.8. The van der Waals surface area contributed by atoms with Gasteiger partial charge in [-0.15, -0.1) is 0 Å². The van der Waals surface area contributed by atoms with Crippen LogP contribution in [0.15, 0.2) is 59.5 Å². The van der Waals surface area contributed by atoms with Crippen LogP contribution in [0.5, 0.6) is 0 Å². The minimum atomic E-state index is 0.388. The van der Waals surface area contributed by atoms with Crippen LogP contribution in [0.1, 0.15) is 11.8 Å². The van der Waals surface area contributed by atoms with E-state index >= 15 is 0 Å². The van der Waals surface area contributed by atoms with E-state index in [-0.39, 0.29) is 0 Å². The van der Waals surface area contributed by atoms with E-state index in [1.807, 2.05) is 41.2 Å². The molecule has 0 saturated carbocycles. The zero-order valence-electron chi connectivity index (χ0n) is 14.6. The van der Waals surface area contributed by atoms with Crippen molar-refractivity contribution in [1.82, 2.24) is 30.3 Å². The van der Waals surface area contributed by atoms with Gasteiger partial charge in [-0.1, -0.05) is 6.07 Å².